The summed E-state index contributed by atoms with van der Waals surface area (Å²) in [5.74, 6) is -0.320. The first-order valence-electron chi connectivity index (χ1n) is 9.35. The fraction of sp³-hybridized carbons (Fsp3) is 0.0833. The predicted octanol–water partition coefficient (Wildman–Crippen LogP) is 3.48. The summed E-state index contributed by atoms with van der Waals surface area (Å²) in [7, 11) is 0. The van der Waals surface area contributed by atoms with Crippen LogP contribution in [0.3, 0.4) is 0 Å². The summed E-state index contributed by atoms with van der Waals surface area (Å²) in [6.45, 7) is 0.299. The molecule has 1 heterocycles. The molecule has 0 unspecified atom stereocenters. The predicted molar refractivity (Wildman–Crippen MR) is 113 cm³/mol. The number of hydrogen-bond donors (Lipinski definition) is 1. The maximum absolute atomic E-state index is 13.2. The van der Waals surface area contributed by atoms with Gasteiger partial charge >= 0.3 is 5.69 Å². The Morgan fingerprint density at radius 3 is 1.59 bits per heavy atom. The minimum absolute atomic E-state index is 0.122. The van der Waals surface area contributed by atoms with Crippen molar-refractivity contribution in [3.8, 4) is 17.0 Å². The van der Waals surface area contributed by atoms with Crippen molar-refractivity contribution in [2.75, 3.05) is 0 Å². The molecule has 0 aliphatic carbocycles. The van der Waals surface area contributed by atoms with E-state index in [0.29, 0.717) is 5.56 Å². The maximum Gasteiger partial charge on any atom is 0.334 e. The van der Waals surface area contributed by atoms with Crippen molar-refractivity contribution in [1.82, 2.24) is 9.13 Å². The second kappa shape index (κ2) is 8.02. The third kappa shape index (κ3) is 3.75. The Labute approximate surface area is 167 Å². The monoisotopic (exact) mass is 384 g/mol. The van der Waals surface area contributed by atoms with Crippen LogP contribution in [0.15, 0.2) is 101 Å². The van der Waals surface area contributed by atoms with Crippen LogP contribution in [0.5, 0.6) is 5.88 Å². The SMILES string of the molecule is O=c1c(-c2ccccc2)c(O)n(Cc2ccccc2)c(=O)n1Cc1ccccc1. The lowest BCUT2D eigenvalue weighted by Crippen LogP contribution is -2.41. The van der Waals surface area contributed by atoms with Gasteiger partial charge in [-0.3, -0.25) is 13.9 Å². The van der Waals surface area contributed by atoms with Crippen LogP contribution in [0.4, 0.5) is 0 Å². The minimum Gasteiger partial charge on any atom is -0.494 e. The number of benzene rings is 3. The molecule has 0 saturated carbocycles. The zero-order valence-electron chi connectivity index (χ0n) is 15.7. The van der Waals surface area contributed by atoms with Crippen LogP contribution in [0, 0.1) is 0 Å². The number of aromatic nitrogens is 2. The van der Waals surface area contributed by atoms with E-state index >= 15 is 0 Å². The zero-order valence-corrected chi connectivity index (χ0v) is 15.7. The molecule has 3 aromatic carbocycles. The largest absolute Gasteiger partial charge is 0.494 e. The molecule has 144 valence electrons. The summed E-state index contributed by atoms with van der Waals surface area (Å²) in [5.41, 5.74) is 1.33. The summed E-state index contributed by atoms with van der Waals surface area (Å²) in [5, 5.41) is 10.9. The average molecular weight is 384 g/mol. The first kappa shape index (κ1) is 18.5. The Hall–Kier alpha value is -3.86. The van der Waals surface area contributed by atoms with E-state index in [4.69, 9.17) is 0 Å². The second-order valence-corrected chi connectivity index (χ2v) is 6.80. The lowest BCUT2D eigenvalue weighted by atomic mass is 10.1. The minimum atomic E-state index is -0.542. The average Bonchev–Trinajstić information content (AvgIpc) is 2.77. The van der Waals surface area contributed by atoms with E-state index in [-0.39, 0.29) is 24.5 Å². The molecule has 1 N–H and O–H groups in total. The molecule has 0 fully saturated rings. The van der Waals surface area contributed by atoms with Crippen molar-refractivity contribution >= 4 is 0 Å². The van der Waals surface area contributed by atoms with Gasteiger partial charge < -0.3 is 5.11 Å². The van der Waals surface area contributed by atoms with Gasteiger partial charge in [0.15, 0.2) is 0 Å². The number of nitrogens with zero attached hydrogens (tertiary/aromatic N) is 2. The Morgan fingerprint density at radius 2 is 1.07 bits per heavy atom. The lowest BCUT2D eigenvalue weighted by molar-refractivity contribution is 0.403. The van der Waals surface area contributed by atoms with E-state index in [1.165, 1.54) is 9.13 Å². The van der Waals surface area contributed by atoms with E-state index in [1.54, 1.807) is 24.3 Å². The summed E-state index contributed by atoms with van der Waals surface area (Å²) in [4.78, 5) is 26.4. The fourth-order valence-corrected chi connectivity index (χ4v) is 3.36. The highest BCUT2D eigenvalue weighted by Gasteiger charge is 2.20. The lowest BCUT2D eigenvalue weighted by Gasteiger charge is -2.16. The van der Waals surface area contributed by atoms with Crippen molar-refractivity contribution in [2.24, 2.45) is 0 Å². The summed E-state index contributed by atoms with van der Waals surface area (Å²) >= 11 is 0. The van der Waals surface area contributed by atoms with Gasteiger partial charge in [0.25, 0.3) is 5.56 Å². The standard InChI is InChI=1S/C24H20N2O3/c27-22-21(20-14-8-3-9-15-20)23(28)26(17-19-12-6-2-7-13-19)24(29)25(22)16-18-10-4-1-5-11-18/h1-15,27H,16-17H2. The van der Waals surface area contributed by atoms with E-state index in [9.17, 15) is 14.7 Å². The van der Waals surface area contributed by atoms with Crippen molar-refractivity contribution in [3.63, 3.8) is 0 Å². The highest BCUT2D eigenvalue weighted by Crippen LogP contribution is 2.24. The molecule has 0 spiro atoms. The quantitative estimate of drug-likeness (QED) is 0.573. The first-order chi connectivity index (χ1) is 14.1. The molecule has 0 bridgehead atoms. The molecular weight excluding hydrogens is 364 g/mol. The van der Waals surface area contributed by atoms with Gasteiger partial charge in [-0.1, -0.05) is 91.0 Å². The third-order valence-corrected chi connectivity index (χ3v) is 4.83. The van der Waals surface area contributed by atoms with Crippen LogP contribution in [0.25, 0.3) is 11.1 Å². The molecule has 0 saturated heterocycles. The molecule has 4 rings (SSSR count). The van der Waals surface area contributed by atoms with Crippen LogP contribution in [-0.4, -0.2) is 14.2 Å². The topological polar surface area (TPSA) is 64.2 Å². The van der Waals surface area contributed by atoms with Crippen LogP contribution in [-0.2, 0) is 13.1 Å². The van der Waals surface area contributed by atoms with E-state index in [1.807, 2.05) is 66.7 Å². The van der Waals surface area contributed by atoms with Gasteiger partial charge in [-0.2, -0.15) is 0 Å². The summed E-state index contributed by atoms with van der Waals surface area (Å²) < 4.78 is 2.43. The Balaban J connectivity index is 1.94. The number of rotatable bonds is 5. The Bertz CT molecular complexity index is 1230. The van der Waals surface area contributed by atoms with E-state index < -0.39 is 11.2 Å². The number of hydrogen-bond acceptors (Lipinski definition) is 3. The van der Waals surface area contributed by atoms with Gasteiger partial charge in [-0.25, -0.2) is 4.79 Å². The molecule has 29 heavy (non-hydrogen) atoms. The van der Waals surface area contributed by atoms with Crippen molar-refractivity contribution < 1.29 is 5.11 Å². The molecule has 0 aliphatic heterocycles. The van der Waals surface area contributed by atoms with Crippen LogP contribution < -0.4 is 11.2 Å². The molecule has 0 aliphatic rings. The highest BCUT2D eigenvalue weighted by atomic mass is 16.3. The zero-order chi connectivity index (χ0) is 20.2. The van der Waals surface area contributed by atoms with Crippen molar-refractivity contribution in [3.05, 3.63) is 123 Å². The van der Waals surface area contributed by atoms with Gasteiger partial charge in [0.05, 0.1) is 13.1 Å². The van der Waals surface area contributed by atoms with Crippen molar-refractivity contribution in [1.29, 1.82) is 0 Å². The van der Waals surface area contributed by atoms with Gasteiger partial charge in [0.2, 0.25) is 5.88 Å². The number of aromatic hydroxyl groups is 1. The highest BCUT2D eigenvalue weighted by molar-refractivity contribution is 5.67. The molecule has 0 radical (unpaired) electrons. The van der Waals surface area contributed by atoms with Crippen LogP contribution in [0.2, 0.25) is 0 Å². The Kier molecular flexibility index (Phi) is 5.12. The van der Waals surface area contributed by atoms with Gasteiger partial charge in [-0.15, -0.1) is 0 Å². The van der Waals surface area contributed by atoms with Crippen molar-refractivity contribution in [2.45, 2.75) is 13.1 Å². The summed E-state index contributed by atoms with van der Waals surface area (Å²) in [6, 6.07) is 27.6. The molecule has 5 heteroatoms. The molecule has 0 atom stereocenters. The fourth-order valence-electron chi connectivity index (χ4n) is 3.36. The normalized spacial score (nSPS) is 10.8. The molecule has 1 aromatic heterocycles. The second-order valence-electron chi connectivity index (χ2n) is 6.80. The summed E-state index contributed by atoms with van der Waals surface area (Å²) in [6.07, 6.45) is 0. The smallest absolute Gasteiger partial charge is 0.334 e. The first-order valence-corrected chi connectivity index (χ1v) is 9.35. The maximum atomic E-state index is 13.2. The van der Waals surface area contributed by atoms with Crippen LogP contribution in [0.1, 0.15) is 11.1 Å². The third-order valence-electron chi connectivity index (χ3n) is 4.83. The van der Waals surface area contributed by atoms with Crippen LogP contribution >= 0.6 is 0 Å². The molecular formula is C24H20N2O3. The van der Waals surface area contributed by atoms with Gasteiger partial charge in [0.1, 0.15) is 5.56 Å². The van der Waals surface area contributed by atoms with E-state index in [0.717, 1.165) is 11.1 Å². The molecule has 0 amide bonds. The Morgan fingerprint density at radius 1 is 0.621 bits per heavy atom. The molecule has 5 nitrogen and oxygen atoms in total. The molecule has 4 aromatic rings. The van der Waals surface area contributed by atoms with E-state index in [2.05, 4.69) is 0 Å². The van der Waals surface area contributed by atoms with Gasteiger partial charge in [0, 0.05) is 0 Å². The van der Waals surface area contributed by atoms with Gasteiger partial charge in [-0.05, 0) is 16.7 Å².